The number of amides is 1. The van der Waals surface area contributed by atoms with Crippen molar-refractivity contribution >= 4 is 47.2 Å². The number of carbonyl (C=O) groups excluding carboxylic acids is 1. The fourth-order valence-electron chi connectivity index (χ4n) is 3.96. The van der Waals surface area contributed by atoms with E-state index in [1.165, 1.54) is 43.4 Å². The predicted molar refractivity (Wildman–Crippen MR) is 119 cm³/mol. The maximum absolute atomic E-state index is 12.0. The highest BCUT2D eigenvalue weighted by atomic mass is 127. The van der Waals surface area contributed by atoms with E-state index in [9.17, 15) is 4.79 Å². The van der Waals surface area contributed by atoms with Crippen molar-refractivity contribution in [3.63, 3.8) is 0 Å². The van der Waals surface area contributed by atoms with Crippen molar-refractivity contribution in [3.8, 4) is 0 Å². The first-order valence-corrected chi connectivity index (χ1v) is 10.2. The Morgan fingerprint density at radius 1 is 1.31 bits per heavy atom. The maximum Gasteiger partial charge on any atom is 0.243 e. The van der Waals surface area contributed by atoms with Gasteiger partial charge in [0, 0.05) is 32.1 Å². The molecule has 26 heavy (non-hydrogen) atoms. The van der Waals surface area contributed by atoms with E-state index < -0.39 is 0 Å². The molecular formula is C19H31IN4OS. The number of carbonyl (C=O) groups is 1. The van der Waals surface area contributed by atoms with Crippen LogP contribution in [0.2, 0.25) is 0 Å². The average Bonchev–Trinajstić information content (AvgIpc) is 3.26. The number of likely N-dealkylation sites (tertiary alicyclic amines) is 1. The fourth-order valence-corrected chi connectivity index (χ4v) is 4.60. The monoisotopic (exact) mass is 490 g/mol. The molecule has 1 aromatic rings. The molecule has 3 rings (SSSR count). The number of likely N-dealkylation sites (N-methyl/N-ethyl adjacent to an activating group) is 1. The van der Waals surface area contributed by atoms with E-state index in [0.29, 0.717) is 5.41 Å². The second-order valence-corrected chi connectivity index (χ2v) is 8.63. The summed E-state index contributed by atoms with van der Waals surface area (Å²) in [6.45, 7) is 3.12. The van der Waals surface area contributed by atoms with Crippen LogP contribution in [0.5, 0.6) is 0 Å². The van der Waals surface area contributed by atoms with Gasteiger partial charge >= 0.3 is 0 Å². The van der Waals surface area contributed by atoms with E-state index in [0.717, 1.165) is 25.6 Å². The molecule has 146 valence electrons. The van der Waals surface area contributed by atoms with Crippen molar-refractivity contribution in [2.24, 2.45) is 10.4 Å². The van der Waals surface area contributed by atoms with E-state index in [-0.39, 0.29) is 36.4 Å². The van der Waals surface area contributed by atoms with Crippen molar-refractivity contribution < 1.29 is 4.79 Å². The first kappa shape index (κ1) is 21.5. The van der Waals surface area contributed by atoms with Crippen molar-refractivity contribution in [1.82, 2.24) is 15.1 Å². The van der Waals surface area contributed by atoms with Crippen LogP contribution >= 0.6 is 35.3 Å². The lowest BCUT2D eigenvalue weighted by Gasteiger charge is -2.33. The number of nitrogens with one attached hydrogen (secondary N) is 1. The standard InChI is InChI=1S/C19H30N4OS.HI/c1-22(2)17(24)14-21-18(20-13-16-7-6-12-25-16)23-11-10-19(15-23)8-4-3-5-9-19;/h6-7,12H,3-5,8-11,13-15H2,1-2H3,(H,20,21);1H. The highest BCUT2D eigenvalue weighted by Gasteiger charge is 2.39. The normalized spacial score (nSPS) is 19.3. The SMILES string of the molecule is CN(C)C(=O)CN=C(NCc1cccs1)N1CCC2(CCCCC2)C1.I. The van der Waals surface area contributed by atoms with Crippen molar-refractivity contribution in [3.05, 3.63) is 22.4 Å². The highest BCUT2D eigenvalue weighted by molar-refractivity contribution is 14.0. The van der Waals surface area contributed by atoms with E-state index in [1.807, 2.05) is 0 Å². The van der Waals surface area contributed by atoms with Gasteiger partial charge < -0.3 is 15.1 Å². The van der Waals surface area contributed by atoms with Crippen LogP contribution in [0.25, 0.3) is 0 Å². The second-order valence-electron chi connectivity index (χ2n) is 7.59. The Balaban J connectivity index is 0.00000243. The zero-order chi connectivity index (χ0) is 17.7. The Hall–Kier alpha value is -0.830. The summed E-state index contributed by atoms with van der Waals surface area (Å²) in [5.74, 6) is 0.938. The van der Waals surface area contributed by atoms with Crippen LogP contribution in [0.4, 0.5) is 0 Å². The molecule has 1 spiro atoms. The molecule has 1 saturated carbocycles. The molecule has 1 aliphatic heterocycles. The summed E-state index contributed by atoms with van der Waals surface area (Å²) in [7, 11) is 3.56. The maximum atomic E-state index is 12.0. The molecule has 1 aliphatic carbocycles. The molecule has 1 aromatic heterocycles. The van der Waals surface area contributed by atoms with Gasteiger partial charge in [0.15, 0.2) is 5.96 Å². The minimum absolute atomic E-state index is 0. The van der Waals surface area contributed by atoms with Gasteiger partial charge in [0.05, 0.1) is 6.54 Å². The molecule has 5 nitrogen and oxygen atoms in total. The summed E-state index contributed by atoms with van der Waals surface area (Å²) < 4.78 is 0. The third-order valence-electron chi connectivity index (χ3n) is 5.52. The molecule has 2 fully saturated rings. The van der Waals surface area contributed by atoms with Gasteiger partial charge in [0.25, 0.3) is 0 Å². The Bertz CT molecular complexity index is 597. The zero-order valence-electron chi connectivity index (χ0n) is 15.9. The van der Waals surface area contributed by atoms with Gasteiger partial charge in [-0.1, -0.05) is 25.3 Å². The topological polar surface area (TPSA) is 47.9 Å². The lowest BCUT2D eigenvalue weighted by molar-refractivity contribution is -0.127. The summed E-state index contributed by atoms with van der Waals surface area (Å²) in [5, 5.41) is 5.59. The summed E-state index contributed by atoms with van der Waals surface area (Å²) in [6.07, 6.45) is 8.06. The van der Waals surface area contributed by atoms with E-state index in [2.05, 4.69) is 32.7 Å². The molecule has 0 radical (unpaired) electrons. The highest BCUT2D eigenvalue weighted by Crippen LogP contribution is 2.43. The number of halogens is 1. The van der Waals surface area contributed by atoms with Crippen LogP contribution in [0.3, 0.4) is 0 Å². The summed E-state index contributed by atoms with van der Waals surface area (Å²) in [4.78, 5) is 21.9. The summed E-state index contributed by atoms with van der Waals surface area (Å²) in [6, 6.07) is 4.20. The molecule has 7 heteroatoms. The molecule has 2 aliphatic rings. The lowest BCUT2D eigenvalue weighted by atomic mass is 9.73. The Labute approximate surface area is 178 Å². The van der Waals surface area contributed by atoms with Gasteiger partial charge in [-0.2, -0.15) is 0 Å². The van der Waals surface area contributed by atoms with E-state index >= 15 is 0 Å². The molecule has 1 amide bonds. The molecular weight excluding hydrogens is 459 g/mol. The first-order valence-electron chi connectivity index (χ1n) is 9.34. The molecule has 0 bridgehead atoms. The largest absolute Gasteiger partial charge is 0.351 e. The third kappa shape index (κ3) is 5.58. The Kier molecular flexibility index (Phi) is 8.19. The predicted octanol–water partition coefficient (Wildman–Crippen LogP) is 3.56. The van der Waals surface area contributed by atoms with Crippen molar-refractivity contribution in [2.45, 2.75) is 45.1 Å². The average molecular weight is 490 g/mol. The molecule has 0 aromatic carbocycles. The van der Waals surface area contributed by atoms with Crippen LogP contribution < -0.4 is 5.32 Å². The number of hydrogen-bond donors (Lipinski definition) is 1. The van der Waals surface area contributed by atoms with Gasteiger partial charge in [0.2, 0.25) is 5.91 Å². The molecule has 0 atom stereocenters. The molecule has 0 unspecified atom stereocenters. The van der Waals surface area contributed by atoms with E-state index in [4.69, 9.17) is 0 Å². The third-order valence-corrected chi connectivity index (χ3v) is 6.39. The first-order chi connectivity index (χ1) is 12.1. The number of rotatable bonds is 4. The Morgan fingerprint density at radius 3 is 2.73 bits per heavy atom. The zero-order valence-corrected chi connectivity index (χ0v) is 19.0. The van der Waals surface area contributed by atoms with Gasteiger partial charge in [-0.15, -0.1) is 35.3 Å². The van der Waals surface area contributed by atoms with Crippen LogP contribution in [0, 0.1) is 5.41 Å². The molecule has 1 saturated heterocycles. The van der Waals surface area contributed by atoms with Crippen molar-refractivity contribution in [2.75, 3.05) is 33.7 Å². The van der Waals surface area contributed by atoms with Crippen molar-refractivity contribution in [1.29, 1.82) is 0 Å². The number of hydrogen-bond acceptors (Lipinski definition) is 3. The van der Waals surface area contributed by atoms with Gasteiger partial charge in [-0.25, -0.2) is 4.99 Å². The number of nitrogens with zero attached hydrogens (tertiary/aromatic N) is 3. The Morgan fingerprint density at radius 2 is 2.08 bits per heavy atom. The second kappa shape index (κ2) is 9.92. The van der Waals surface area contributed by atoms with Crippen LogP contribution in [0.1, 0.15) is 43.4 Å². The lowest BCUT2D eigenvalue weighted by Crippen LogP contribution is -2.42. The fraction of sp³-hybridized carbons (Fsp3) is 0.684. The van der Waals surface area contributed by atoms with Gasteiger partial charge in [0.1, 0.15) is 6.54 Å². The minimum atomic E-state index is 0. The van der Waals surface area contributed by atoms with Crippen LogP contribution in [-0.2, 0) is 11.3 Å². The number of aliphatic imine (C=N–C) groups is 1. The summed E-state index contributed by atoms with van der Waals surface area (Å²) >= 11 is 1.75. The number of thiophene rings is 1. The van der Waals surface area contributed by atoms with Crippen LogP contribution in [0.15, 0.2) is 22.5 Å². The van der Waals surface area contributed by atoms with Gasteiger partial charge in [-0.05, 0) is 36.1 Å². The number of guanidine groups is 1. The quantitative estimate of drug-likeness (QED) is 0.399. The minimum Gasteiger partial charge on any atom is -0.351 e. The summed E-state index contributed by atoms with van der Waals surface area (Å²) in [5.41, 5.74) is 0.481. The van der Waals surface area contributed by atoms with E-state index in [1.54, 1.807) is 30.3 Å². The molecule has 2 heterocycles. The molecule has 1 N–H and O–H groups in total. The van der Waals surface area contributed by atoms with Gasteiger partial charge in [-0.3, -0.25) is 4.79 Å². The smallest absolute Gasteiger partial charge is 0.243 e. The van der Waals surface area contributed by atoms with Crippen LogP contribution in [-0.4, -0.2) is 55.4 Å².